The second-order valence-corrected chi connectivity index (χ2v) is 3.71. The smallest absolute Gasteiger partial charge is 1.00 e. The van der Waals surface area contributed by atoms with Crippen LogP contribution in [-0.2, 0) is 26.2 Å². The Kier molecular flexibility index (Phi) is 7.16. The van der Waals surface area contributed by atoms with E-state index in [-0.39, 0.29) is 51.0 Å². The fraction of sp³-hybridized carbons (Fsp3) is 0.0714. The molecule has 0 fully saturated rings. The predicted molar refractivity (Wildman–Crippen MR) is 60.6 cm³/mol. The molecule has 0 amide bonds. The molecule has 2 aromatic carbocycles. The molecule has 0 atom stereocenters. The predicted octanol–water partition coefficient (Wildman–Crippen LogP) is -2.23. The summed E-state index contributed by atoms with van der Waals surface area (Å²) < 4.78 is 0. The zero-order valence-corrected chi connectivity index (χ0v) is 13.1. The van der Waals surface area contributed by atoms with Gasteiger partial charge in [0.25, 0.3) is 0 Å². The van der Waals surface area contributed by atoms with Crippen LogP contribution >= 0.6 is 0 Å². The second-order valence-electron chi connectivity index (χ2n) is 3.71. The van der Waals surface area contributed by atoms with Crippen molar-refractivity contribution in [3.05, 3.63) is 66.3 Å². The first-order valence-corrected chi connectivity index (χ1v) is 4.94. The Bertz CT molecular complexity index is 481. The summed E-state index contributed by atoms with van der Waals surface area (Å²) in [5.41, 5.74) is 1.40. The van der Waals surface area contributed by atoms with Gasteiger partial charge in [-0.05, 0) is 0 Å². The Hall–Kier alpha value is -0.227. The minimum atomic E-state index is 0. The first kappa shape index (κ1) is 16.8. The van der Waals surface area contributed by atoms with Crippen molar-refractivity contribution in [3.63, 3.8) is 0 Å². The molecular weight excluding hydrogens is 330 g/mol. The fourth-order valence-corrected chi connectivity index (χ4v) is 2.02. The number of rotatable bonds is 1. The average molecular weight is 341 g/mol. The minimum absolute atomic E-state index is 0. The molecule has 0 spiro atoms. The van der Waals surface area contributed by atoms with E-state index in [1.165, 1.54) is 16.3 Å². The van der Waals surface area contributed by atoms with Crippen LogP contribution in [0.2, 0.25) is 0 Å². The Labute approximate surface area is 133 Å². The molecule has 0 saturated carbocycles. The Morgan fingerprint density at radius 1 is 0.941 bits per heavy atom. The third-order valence-electron chi connectivity index (χ3n) is 2.77. The summed E-state index contributed by atoms with van der Waals surface area (Å²) in [6.45, 7) is 0. The van der Waals surface area contributed by atoms with Crippen LogP contribution in [0, 0.1) is 0 Å². The van der Waals surface area contributed by atoms with Crippen LogP contribution < -0.4 is 24.8 Å². The topological polar surface area (TPSA) is 0 Å². The summed E-state index contributed by atoms with van der Waals surface area (Å²) in [4.78, 5) is 0. The van der Waals surface area contributed by atoms with Gasteiger partial charge in [-0.3, -0.25) is 0 Å². The quantitative estimate of drug-likeness (QED) is 0.516. The van der Waals surface area contributed by atoms with Gasteiger partial charge in [-0.15, -0.1) is 40.6 Å². The first-order chi connectivity index (χ1) is 6.93. The summed E-state index contributed by atoms with van der Waals surface area (Å²) in [6, 6.07) is 13.1. The molecule has 1 aliphatic rings. The summed E-state index contributed by atoms with van der Waals surface area (Å²) in [6.07, 6.45) is 8.69. The third-order valence-corrected chi connectivity index (χ3v) is 2.77. The van der Waals surface area contributed by atoms with Gasteiger partial charge in [-0.2, -0.15) is 6.07 Å². The molecule has 0 aromatic heterocycles. The molecule has 0 bridgehead atoms. The van der Waals surface area contributed by atoms with Crippen LogP contribution in [0.4, 0.5) is 0 Å². The maximum absolute atomic E-state index is 2.28. The average Bonchev–Trinajstić information content (AvgIpc) is 2.86. The number of allylic oxidation sites excluding steroid dienone is 4. The fourth-order valence-electron chi connectivity index (χ4n) is 2.02. The van der Waals surface area contributed by atoms with E-state index in [9.17, 15) is 0 Å². The van der Waals surface area contributed by atoms with Crippen LogP contribution in [-0.4, -0.2) is 0 Å². The molecule has 0 heterocycles. The van der Waals surface area contributed by atoms with E-state index in [1.807, 2.05) is 0 Å². The zero-order chi connectivity index (χ0) is 9.38. The summed E-state index contributed by atoms with van der Waals surface area (Å²) >= 11 is 0. The number of benzene rings is 1. The van der Waals surface area contributed by atoms with Crippen LogP contribution in [0.5, 0.6) is 0 Å². The van der Waals surface area contributed by atoms with Crippen molar-refractivity contribution in [2.75, 3.05) is 0 Å². The maximum atomic E-state index is 2.28. The van der Waals surface area contributed by atoms with Crippen LogP contribution in [0.1, 0.15) is 11.5 Å². The van der Waals surface area contributed by atoms with Crippen LogP contribution in [0.25, 0.3) is 10.8 Å². The van der Waals surface area contributed by atoms with E-state index >= 15 is 0 Å². The molecule has 2 aromatic rings. The van der Waals surface area contributed by atoms with E-state index in [4.69, 9.17) is 0 Å². The molecule has 0 saturated heterocycles. The molecule has 3 heteroatoms. The molecule has 1 radical (unpaired) electrons. The van der Waals surface area contributed by atoms with E-state index < -0.39 is 0 Å². The standard InChI is InChI=1S/C14H11.2ClH.Zr/c1-2-6-11(5-1)14-9-12-7-3-4-8-13(12)10-14;;;/h1-11H;2*1H;/q-1;;;+3/p-2. The van der Waals surface area contributed by atoms with Gasteiger partial charge in [0.1, 0.15) is 0 Å². The molecular formula is C14H11Cl2Zr. The number of hydrogen-bond acceptors (Lipinski definition) is 0. The largest absolute Gasteiger partial charge is 3.00 e. The first-order valence-electron chi connectivity index (χ1n) is 4.94. The van der Waals surface area contributed by atoms with E-state index in [0.717, 1.165) is 0 Å². The Balaban J connectivity index is 0.000000853. The van der Waals surface area contributed by atoms with Gasteiger partial charge in [0.05, 0.1) is 0 Å². The third kappa shape index (κ3) is 3.38. The van der Waals surface area contributed by atoms with Gasteiger partial charge < -0.3 is 24.8 Å². The van der Waals surface area contributed by atoms with Crippen LogP contribution in [0.3, 0.4) is 0 Å². The zero-order valence-electron chi connectivity index (χ0n) is 9.11. The number of fused-ring (bicyclic) bond motifs is 1. The summed E-state index contributed by atoms with van der Waals surface area (Å²) in [5.74, 6) is 0.488. The minimum Gasteiger partial charge on any atom is -1.00 e. The molecule has 85 valence electrons. The van der Waals surface area contributed by atoms with Gasteiger partial charge >= 0.3 is 26.2 Å². The maximum Gasteiger partial charge on any atom is 3.00 e. The van der Waals surface area contributed by atoms with Gasteiger partial charge in [-0.25, -0.2) is 0 Å². The Morgan fingerprint density at radius 2 is 1.59 bits per heavy atom. The summed E-state index contributed by atoms with van der Waals surface area (Å²) in [7, 11) is 0. The number of halogens is 2. The normalized spacial score (nSPS) is 12.9. The molecule has 3 rings (SSSR count). The van der Waals surface area contributed by atoms with E-state index in [1.54, 1.807) is 0 Å². The van der Waals surface area contributed by atoms with Crippen molar-refractivity contribution in [1.29, 1.82) is 0 Å². The van der Waals surface area contributed by atoms with Gasteiger partial charge in [0.2, 0.25) is 0 Å². The van der Waals surface area contributed by atoms with Crippen LogP contribution in [0.15, 0.2) is 60.7 Å². The van der Waals surface area contributed by atoms with Gasteiger partial charge in [0.15, 0.2) is 0 Å². The Morgan fingerprint density at radius 3 is 2.24 bits per heavy atom. The van der Waals surface area contributed by atoms with Crippen molar-refractivity contribution < 1.29 is 51.0 Å². The monoisotopic (exact) mass is 339 g/mol. The van der Waals surface area contributed by atoms with Crippen molar-refractivity contribution in [2.45, 2.75) is 5.92 Å². The van der Waals surface area contributed by atoms with Crippen molar-refractivity contribution in [3.8, 4) is 0 Å². The molecule has 0 aliphatic heterocycles. The molecule has 0 nitrogen and oxygen atoms in total. The second kappa shape index (κ2) is 7.26. The van der Waals surface area contributed by atoms with E-state index in [0.29, 0.717) is 5.92 Å². The van der Waals surface area contributed by atoms with E-state index in [2.05, 4.69) is 60.7 Å². The molecule has 1 aliphatic carbocycles. The molecule has 0 N–H and O–H groups in total. The van der Waals surface area contributed by atoms with Crippen molar-refractivity contribution in [1.82, 2.24) is 0 Å². The van der Waals surface area contributed by atoms with Crippen molar-refractivity contribution in [2.24, 2.45) is 0 Å². The summed E-state index contributed by atoms with van der Waals surface area (Å²) in [5, 5.41) is 2.69. The van der Waals surface area contributed by atoms with Gasteiger partial charge in [0, 0.05) is 5.92 Å². The molecule has 17 heavy (non-hydrogen) atoms. The number of hydrogen-bond donors (Lipinski definition) is 0. The molecule has 0 unspecified atom stereocenters. The van der Waals surface area contributed by atoms with Crippen molar-refractivity contribution >= 4 is 10.8 Å². The SMILES string of the molecule is C1=CC(c2cc3ccccc3[cH-]2)C=C1.[Cl-].[Cl-].[Zr+3]. The van der Waals surface area contributed by atoms with Gasteiger partial charge in [-0.1, -0.05) is 30.4 Å².